The molecule has 0 aromatic rings. The lowest BCUT2D eigenvalue weighted by Crippen LogP contribution is -1.73. The number of methoxy groups -OCH3 is 1. The van der Waals surface area contributed by atoms with E-state index in [4.69, 9.17) is 0 Å². The Bertz CT molecular complexity index is 275. The second-order valence-electron chi connectivity index (χ2n) is 3.04. The second kappa shape index (κ2) is 3.72. The smallest absolute Gasteiger partial charge is 0.0433 e. The Kier molecular flexibility index (Phi) is 2.88. The molecule has 0 spiro atoms. The molecule has 0 saturated carbocycles. The Labute approximate surface area is 74.4 Å². The molecular weight excluding hydrogens is 148 g/mol. The quantitative estimate of drug-likeness (QED) is 0.629. The van der Waals surface area contributed by atoms with Crippen LogP contribution in [0, 0.1) is 13.8 Å². The van der Waals surface area contributed by atoms with Crippen LogP contribution in [0.2, 0.25) is 0 Å². The zero-order chi connectivity index (χ0) is 9.14. The summed E-state index contributed by atoms with van der Waals surface area (Å²) >= 11 is 0. The number of hydrogen-bond acceptors (Lipinski definition) is 1. The minimum Gasteiger partial charge on any atom is -0.385 e. The topological polar surface area (TPSA) is 9.23 Å². The maximum absolute atomic E-state index is 4.54. The van der Waals surface area contributed by atoms with Gasteiger partial charge in [-0.25, -0.2) is 0 Å². The van der Waals surface area contributed by atoms with Crippen molar-refractivity contribution in [2.45, 2.75) is 20.8 Å². The van der Waals surface area contributed by atoms with Gasteiger partial charge in [-0.15, -0.1) is 0 Å². The van der Waals surface area contributed by atoms with Crippen LogP contribution in [-0.2, 0) is 4.74 Å². The van der Waals surface area contributed by atoms with Crippen LogP contribution in [0.5, 0.6) is 0 Å². The zero-order valence-corrected chi connectivity index (χ0v) is 8.27. The molecule has 1 heteroatoms. The lowest BCUT2D eigenvalue weighted by molar-refractivity contribution is 0.215. The summed E-state index contributed by atoms with van der Waals surface area (Å²) in [6.07, 6.45) is 0. The molecule has 2 rings (SSSR count). The third-order valence-corrected chi connectivity index (χ3v) is 2.18. The van der Waals surface area contributed by atoms with Gasteiger partial charge >= 0.3 is 0 Å². The van der Waals surface area contributed by atoms with E-state index in [2.05, 4.69) is 30.7 Å². The maximum atomic E-state index is 4.54. The Morgan fingerprint density at radius 2 is 1.83 bits per heavy atom. The number of benzene rings is 1. The van der Waals surface area contributed by atoms with E-state index in [-0.39, 0.29) is 0 Å². The lowest BCUT2D eigenvalue weighted by Gasteiger charge is -1.83. The summed E-state index contributed by atoms with van der Waals surface area (Å²) in [5.41, 5.74) is 5.86. The van der Waals surface area contributed by atoms with E-state index in [1.807, 2.05) is 6.92 Å². The minimum absolute atomic E-state index is 0.819. The standard InChI is InChI=1S/C8H8.C3H8O/c1-5-3-7-4-8(7)6(5)2;1-3-4-2/h3-4H,1-2H3;3H2,1-2H3. The van der Waals surface area contributed by atoms with Gasteiger partial charge in [0, 0.05) is 13.7 Å². The zero-order valence-electron chi connectivity index (χ0n) is 8.27. The summed E-state index contributed by atoms with van der Waals surface area (Å²) in [4.78, 5) is 0. The summed E-state index contributed by atoms with van der Waals surface area (Å²) in [5.74, 6) is 0. The van der Waals surface area contributed by atoms with Gasteiger partial charge in [0.2, 0.25) is 0 Å². The Balaban J connectivity index is 0.000000157. The highest BCUT2D eigenvalue weighted by Gasteiger charge is 2.16. The first-order chi connectivity index (χ1) is 5.70. The van der Waals surface area contributed by atoms with Gasteiger partial charge in [0.25, 0.3) is 0 Å². The molecule has 2 aliphatic carbocycles. The normalized spacial score (nSPS) is 10.3. The predicted molar refractivity (Wildman–Crippen MR) is 52.5 cm³/mol. The van der Waals surface area contributed by atoms with E-state index in [1.54, 1.807) is 7.11 Å². The molecule has 0 aromatic heterocycles. The van der Waals surface area contributed by atoms with Gasteiger partial charge in [0.15, 0.2) is 0 Å². The molecule has 2 aliphatic rings. The van der Waals surface area contributed by atoms with Crippen LogP contribution < -0.4 is 0 Å². The monoisotopic (exact) mass is 164 g/mol. The van der Waals surface area contributed by atoms with E-state index in [1.165, 1.54) is 22.3 Å². The Hall–Kier alpha value is -0.820. The van der Waals surface area contributed by atoms with Crippen LogP contribution in [0.4, 0.5) is 0 Å². The fourth-order valence-electron chi connectivity index (χ4n) is 1.12. The molecule has 0 amide bonds. The third kappa shape index (κ3) is 1.86. The van der Waals surface area contributed by atoms with E-state index >= 15 is 0 Å². The molecule has 0 saturated heterocycles. The van der Waals surface area contributed by atoms with E-state index in [0.29, 0.717) is 0 Å². The van der Waals surface area contributed by atoms with Crippen molar-refractivity contribution in [2.24, 2.45) is 0 Å². The van der Waals surface area contributed by atoms with Crippen molar-refractivity contribution >= 4 is 0 Å². The van der Waals surface area contributed by atoms with Crippen molar-refractivity contribution < 1.29 is 4.74 Å². The molecule has 12 heavy (non-hydrogen) atoms. The number of fused-ring (bicyclic) bond motifs is 1. The fourth-order valence-corrected chi connectivity index (χ4v) is 1.12. The molecule has 0 aromatic carbocycles. The van der Waals surface area contributed by atoms with Gasteiger partial charge in [-0.05, 0) is 49.1 Å². The first-order valence-corrected chi connectivity index (χ1v) is 4.31. The molecule has 0 aliphatic heterocycles. The van der Waals surface area contributed by atoms with Gasteiger partial charge in [0.05, 0.1) is 0 Å². The number of rotatable bonds is 1. The third-order valence-electron chi connectivity index (χ3n) is 2.18. The van der Waals surface area contributed by atoms with Crippen LogP contribution in [-0.4, -0.2) is 13.7 Å². The first-order valence-electron chi connectivity index (χ1n) is 4.31. The molecule has 0 unspecified atom stereocenters. The van der Waals surface area contributed by atoms with Crippen molar-refractivity contribution in [2.75, 3.05) is 13.7 Å². The fraction of sp³-hybridized carbons (Fsp3) is 0.455. The molecule has 0 fully saturated rings. The Morgan fingerprint density at radius 1 is 1.25 bits per heavy atom. The molecule has 0 heterocycles. The summed E-state index contributed by atoms with van der Waals surface area (Å²) in [7, 11) is 1.68. The van der Waals surface area contributed by atoms with Crippen LogP contribution >= 0.6 is 0 Å². The lowest BCUT2D eigenvalue weighted by atomic mass is 10.2. The minimum atomic E-state index is 0.819. The SMILES string of the molecule is CCOC.Cc1cc2cc-2c1C. The molecule has 1 nitrogen and oxygen atoms in total. The second-order valence-corrected chi connectivity index (χ2v) is 3.04. The van der Waals surface area contributed by atoms with Crippen LogP contribution in [0.15, 0.2) is 12.1 Å². The largest absolute Gasteiger partial charge is 0.385 e. The summed E-state index contributed by atoms with van der Waals surface area (Å²) in [6.45, 7) is 7.12. The average molecular weight is 164 g/mol. The van der Waals surface area contributed by atoms with Crippen molar-refractivity contribution in [3.63, 3.8) is 0 Å². The molecule has 0 N–H and O–H groups in total. The summed E-state index contributed by atoms with van der Waals surface area (Å²) in [6, 6.07) is 4.47. The summed E-state index contributed by atoms with van der Waals surface area (Å²) < 4.78 is 4.54. The van der Waals surface area contributed by atoms with Crippen molar-refractivity contribution in [3.05, 3.63) is 23.3 Å². The average Bonchev–Trinajstić information content (AvgIpc) is 2.77. The number of ether oxygens (including phenoxy) is 1. The van der Waals surface area contributed by atoms with E-state index < -0.39 is 0 Å². The van der Waals surface area contributed by atoms with Gasteiger partial charge < -0.3 is 4.74 Å². The predicted octanol–water partition coefficient (Wildman–Crippen LogP) is 2.94. The molecule has 66 valence electrons. The molecule has 0 radical (unpaired) electrons. The van der Waals surface area contributed by atoms with Crippen molar-refractivity contribution in [3.8, 4) is 11.1 Å². The Morgan fingerprint density at radius 3 is 2.00 bits per heavy atom. The van der Waals surface area contributed by atoms with Gasteiger partial charge in [-0.1, -0.05) is 6.07 Å². The number of aryl methyl sites for hydroxylation is 1. The van der Waals surface area contributed by atoms with Crippen molar-refractivity contribution in [1.29, 1.82) is 0 Å². The van der Waals surface area contributed by atoms with Gasteiger partial charge in [0.1, 0.15) is 0 Å². The highest BCUT2D eigenvalue weighted by Crippen LogP contribution is 2.40. The highest BCUT2D eigenvalue weighted by molar-refractivity contribution is 5.86. The van der Waals surface area contributed by atoms with Gasteiger partial charge in [-0.2, -0.15) is 0 Å². The first kappa shape index (κ1) is 9.27. The molecule has 0 atom stereocenters. The maximum Gasteiger partial charge on any atom is 0.0433 e. The van der Waals surface area contributed by atoms with Gasteiger partial charge in [-0.3, -0.25) is 0 Å². The highest BCUT2D eigenvalue weighted by atomic mass is 16.5. The molecule has 0 bridgehead atoms. The van der Waals surface area contributed by atoms with Crippen molar-refractivity contribution in [1.82, 2.24) is 0 Å². The van der Waals surface area contributed by atoms with Crippen LogP contribution in [0.25, 0.3) is 11.1 Å². The number of hydrogen-bond donors (Lipinski definition) is 0. The van der Waals surface area contributed by atoms with E-state index in [0.717, 1.165) is 6.61 Å². The summed E-state index contributed by atoms with van der Waals surface area (Å²) in [5, 5.41) is 0. The van der Waals surface area contributed by atoms with Crippen LogP contribution in [0.3, 0.4) is 0 Å². The molecular formula is C11H16O. The van der Waals surface area contributed by atoms with Crippen LogP contribution in [0.1, 0.15) is 18.1 Å². The van der Waals surface area contributed by atoms with E-state index in [9.17, 15) is 0 Å².